The molecule has 0 aromatic carbocycles. The molecule has 1 atom stereocenters. The lowest BCUT2D eigenvalue weighted by atomic mass is 10.1. The fraction of sp³-hybridized carbons (Fsp3) is 0.722. The first-order chi connectivity index (χ1) is 13.0. The third-order valence-electron chi connectivity index (χ3n) is 4.61. The minimum Gasteiger partial charge on any atom is -0.444 e. The van der Waals surface area contributed by atoms with E-state index >= 15 is 0 Å². The first-order valence-electron chi connectivity index (χ1n) is 9.27. The SMILES string of the molecule is CN1C[C@@H](OCC(F)F)Cn2nc3c(c2C1=O)CN(C(=O)OC(C)(C)C)CC3. The van der Waals surface area contributed by atoms with Gasteiger partial charge in [-0.25, -0.2) is 13.6 Å². The Morgan fingerprint density at radius 2 is 2.04 bits per heavy atom. The van der Waals surface area contributed by atoms with Crippen molar-refractivity contribution in [2.24, 2.45) is 0 Å². The molecule has 156 valence electrons. The number of ether oxygens (including phenoxy) is 2. The molecule has 28 heavy (non-hydrogen) atoms. The number of aromatic nitrogens is 2. The Morgan fingerprint density at radius 1 is 1.32 bits per heavy atom. The van der Waals surface area contributed by atoms with Crippen LogP contribution in [0.4, 0.5) is 13.6 Å². The molecule has 10 heteroatoms. The van der Waals surface area contributed by atoms with Gasteiger partial charge in [-0.1, -0.05) is 0 Å². The molecule has 0 saturated heterocycles. The van der Waals surface area contributed by atoms with E-state index in [4.69, 9.17) is 9.47 Å². The molecular formula is C18H26F2N4O4. The largest absolute Gasteiger partial charge is 0.444 e. The zero-order valence-electron chi connectivity index (χ0n) is 16.6. The van der Waals surface area contributed by atoms with Gasteiger partial charge >= 0.3 is 6.09 Å². The van der Waals surface area contributed by atoms with Crippen LogP contribution in [0.15, 0.2) is 0 Å². The number of likely N-dealkylation sites (N-methyl/N-ethyl adjacent to an activating group) is 1. The second-order valence-corrected chi connectivity index (χ2v) is 8.14. The van der Waals surface area contributed by atoms with Gasteiger partial charge in [0.05, 0.1) is 24.9 Å². The van der Waals surface area contributed by atoms with Crippen LogP contribution in [0.2, 0.25) is 0 Å². The van der Waals surface area contributed by atoms with E-state index in [0.717, 1.165) is 5.69 Å². The van der Waals surface area contributed by atoms with E-state index in [1.165, 1.54) is 9.58 Å². The number of rotatable bonds is 3. The van der Waals surface area contributed by atoms with Crippen molar-refractivity contribution < 1.29 is 27.8 Å². The highest BCUT2D eigenvalue weighted by Gasteiger charge is 2.36. The topological polar surface area (TPSA) is 76.9 Å². The average Bonchev–Trinajstić information content (AvgIpc) is 2.88. The minimum atomic E-state index is -2.57. The summed E-state index contributed by atoms with van der Waals surface area (Å²) < 4.78 is 37.2. The molecule has 8 nitrogen and oxygen atoms in total. The molecule has 2 aliphatic heterocycles. The highest BCUT2D eigenvalue weighted by molar-refractivity contribution is 5.94. The highest BCUT2D eigenvalue weighted by Crippen LogP contribution is 2.27. The molecule has 0 N–H and O–H groups in total. The van der Waals surface area contributed by atoms with Gasteiger partial charge in [0, 0.05) is 32.1 Å². The third-order valence-corrected chi connectivity index (χ3v) is 4.61. The zero-order valence-corrected chi connectivity index (χ0v) is 16.6. The molecule has 0 saturated carbocycles. The molecule has 0 aliphatic carbocycles. The standard InChI is InChI=1S/C18H26F2N4O4/c1-18(2,3)28-17(26)23-6-5-13-12(9-23)15-16(25)22(4)7-11(8-24(15)21-13)27-10-14(19)20/h11,14H,5-10H2,1-4H3/t11-/m1/s1. The summed E-state index contributed by atoms with van der Waals surface area (Å²) in [5.74, 6) is -0.261. The molecular weight excluding hydrogens is 374 g/mol. The Hall–Kier alpha value is -2.23. The number of amides is 2. The van der Waals surface area contributed by atoms with E-state index in [0.29, 0.717) is 24.2 Å². The lowest BCUT2D eigenvalue weighted by Crippen LogP contribution is -2.40. The second-order valence-electron chi connectivity index (χ2n) is 8.14. The van der Waals surface area contributed by atoms with Gasteiger partial charge in [0.25, 0.3) is 12.3 Å². The monoisotopic (exact) mass is 400 g/mol. The first kappa shape index (κ1) is 20.5. The third kappa shape index (κ3) is 4.43. The number of alkyl halides is 2. The summed E-state index contributed by atoms with van der Waals surface area (Å²) >= 11 is 0. The van der Waals surface area contributed by atoms with Gasteiger partial charge in [0.1, 0.15) is 17.9 Å². The van der Waals surface area contributed by atoms with E-state index in [1.807, 2.05) is 0 Å². The highest BCUT2D eigenvalue weighted by atomic mass is 19.3. The van der Waals surface area contributed by atoms with Crippen LogP contribution in [0.3, 0.4) is 0 Å². The predicted octanol–water partition coefficient (Wildman–Crippen LogP) is 1.91. The van der Waals surface area contributed by atoms with Crippen LogP contribution in [-0.4, -0.2) is 76.5 Å². The van der Waals surface area contributed by atoms with E-state index in [1.54, 1.807) is 32.7 Å². The second kappa shape index (κ2) is 7.65. The van der Waals surface area contributed by atoms with E-state index in [9.17, 15) is 18.4 Å². The summed E-state index contributed by atoms with van der Waals surface area (Å²) in [6.07, 6.45) is -3.09. The minimum absolute atomic E-state index is 0.194. The van der Waals surface area contributed by atoms with E-state index in [2.05, 4.69) is 5.10 Å². The van der Waals surface area contributed by atoms with Crippen molar-refractivity contribution in [2.45, 2.75) is 58.4 Å². The number of halogens is 2. The van der Waals surface area contributed by atoms with Gasteiger partial charge in [-0.15, -0.1) is 0 Å². The van der Waals surface area contributed by atoms with E-state index < -0.39 is 30.8 Å². The summed E-state index contributed by atoms with van der Waals surface area (Å²) in [5, 5.41) is 4.50. The van der Waals surface area contributed by atoms with E-state index in [-0.39, 0.29) is 25.5 Å². The zero-order chi connectivity index (χ0) is 20.6. The molecule has 0 unspecified atom stereocenters. The maximum atomic E-state index is 12.9. The number of fused-ring (bicyclic) bond motifs is 3. The quantitative estimate of drug-likeness (QED) is 0.775. The van der Waals surface area contributed by atoms with Crippen molar-refractivity contribution in [1.29, 1.82) is 0 Å². The van der Waals surface area contributed by atoms with Gasteiger partial charge in [-0.05, 0) is 20.8 Å². The fourth-order valence-corrected chi connectivity index (χ4v) is 3.41. The molecule has 1 aromatic heterocycles. The number of carbonyl (C=O) groups is 2. The van der Waals surface area contributed by atoms with Crippen molar-refractivity contribution in [3.63, 3.8) is 0 Å². The van der Waals surface area contributed by atoms with Crippen molar-refractivity contribution >= 4 is 12.0 Å². The van der Waals surface area contributed by atoms with Gasteiger partial charge < -0.3 is 19.3 Å². The Balaban J connectivity index is 1.83. The maximum Gasteiger partial charge on any atom is 0.410 e. The van der Waals surface area contributed by atoms with Crippen molar-refractivity contribution in [2.75, 3.05) is 26.7 Å². The summed E-state index contributed by atoms with van der Waals surface area (Å²) in [6, 6.07) is 0. The molecule has 2 aliphatic rings. The van der Waals surface area contributed by atoms with Gasteiger partial charge in [0.15, 0.2) is 0 Å². The number of hydrogen-bond acceptors (Lipinski definition) is 5. The Kier molecular flexibility index (Phi) is 5.60. The smallest absolute Gasteiger partial charge is 0.410 e. The molecule has 1 aromatic rings. The fourth-order valence-electron chi connectivity index (χ4n) is 3.41. The van der Waals surface area contributed by atoms with Gasteiger partial charge in [-0.3, -0.25) is 9.48 Å². The van der Waals surface area contributed by atoms with Crippen LogP contribution in [0.5, 0.6) is 0 Å². The van der Waals surface area contributed by atoms with Gasteiger partial charge in [-0.2, -0.15) is 5.10 Å². The molecule has 3 heterocycles. The molecule has 0 fully saturated rings. The number of hydrogen-bond donors (Lipinski definition) is 0. The summed E-state index contributed by atoms with van der Waals surface area (Å²) in [5.41, 5.74) is 1.20. The molecule has 3 rings (SSSR count). The Labute approximate surface area is 162 Å². The predicted molar refractivity (Wildman–Crippen MR) is 95.3 cm³/mol. The van der Waals surface area contributed by atoms with Crippen LogP contribution in [-0.2, 0) is 29.0 Å². The summed E-state index contributed by atoms with van der Waals surface area (Å²) in [7, 11) is 1.60. The Bertz CT molecular complexity index is 760. The van der Waals surface area contributed by atoms with Crippen LogP contribution in [0.25, 0.3) is 0 Å². The molecule has 0 spiro atoms. The van der Waals surface area contributed by atoms with Crippen LogP contribution >= 0.6 is 0 Å². The van der Waals surface area contributed by atoms with Crippen LogP contribution in [0, 0.1) is 0 Å². The number of nitrogens with zero attached hydrogens (tertiary/aromatic N) is 4. The van der Waals surface area contributed by atoms with Crippen molar-refractivity contribution in [3.8, 4) is 0 Å². The summed E-state index contributed by atoms with van der Waals surface area (Å²) in [6.45, 7) is 5.76. The van der Waals surface area contributed by atoms with Crippen molar-refractivity contribution in [1.82, 2.24) is 19.6 Å². The van der Waals surface area contributed by atoms with Crippen LogP contribution < -0.4 is 0 Å². The first-order valence-corrected chi connectivity index (χ1v) is 9.27. The normalized spacial score (nSPS) is 20.1. The lowest BCUT2D eigenvalue weighted by molar-refractivity contribution is -0.0362. The number of carbonyl (C=O) groups excluding carboxylic acids is 2. The lowest BCUT2D eigenvalue weighted by Gasteiger charge is -2.30. The van der Waals surface area contributed by atoms with Crippen molar-refractivity contribution in [3.05, 3.63) is 17.0 Å². The van der Waals surface area contributed by atoms with Gasteiger partial charge in [0.2, 0.25) is 0 Å². The Morgan fingerprint density at radius 3 is 2.68 bits per heavy atom. The molecule has 0 bridgehead atoms. The average molecular weight is 400 g/mol. The molecule has 2 amide bonds. The summed E-state index contributed by atoms with van der Waals surface area (Å²) in [4.78, 5) is 28.3. The van der Waals surface area contributed by atoms with Crippen LogP contribution in [0.1, 0.15) is 42.5 Å². The molecule has 0 radical (unpaired) electrons. The maximum absolute atomic E-state index is 12.9.